The summed E-state index contributed by atoms with van der Waals surface area (Å²) < 4.78 is 5.79. The van der Waals surface area contributed by atoms with E-state index in [-0.39, 0.29) is 0 Å². The van der Waals surface area contributed by atoms with Crippen LogP contribution in [0.1, 0.15) is 18.9 Å². The molecule has 0 amide bonds. The zero-order valence-corrected chi connectivity index (χ0v) is 11.6. The Morgan fingerprint density at radius 3 is 3.16 bits per heavy atom. The fourth-order valence-corrected chi connectivity index (χ4v) is 2.87. The first kappa shape index (κ1) is 12.6. The van der Waals surface area contributed by atoms with E-state index < -0.39 is 0 Å². The van der Waals surface area contributed by atoms with Crippen molar-refractivity contribution >= 4 is 11.0 Å². The van der Waals surface area contributed by atoms with Crippen LogP contribution in [0.4, 0.5) is 0 Å². The zero-order valence-electron chi connectivity index (χ0n) is 11.6. The minimum absolute atomic E-state index is 0.392. The highest BCUT2D eigenvalue weighted by molar-refractivity contribution is 5.79. The first-order valence-electron chi connectivity index (χ1n) is 6.93. The lowest BCUT2D eigenvalue weighted by molar-refractivity contribution is 0.0773. The molecule has 1 fully saturated rings. The summed E-state index contributed by atoms with van der Waals surface area (Å²) >= 11 is 0. The van der Waals surface area contributed by atoms with Gasteiger partial charge in [-0.05, 0) is 37.1 Å². The van der Waals surface area contributed by atoms with E-state index >= 15 is 0 Å². The number of nitrogens with zero attached hydrogens (tertiary/aromatic N) is 2. The Bertz CT molecular complexity index is 551. The Morgan fingerprint density at radius 1 is 1.47 bits per heavy atom. The van der Waals surface area contributed by atoms with Gasteiger partial charge in [-0.25, -0.2) is 4.98 Å². The maximum atomic E-state index is 5.79. The van der Waals surface area contributed by atoms with Crippen LogP contribution in [0, 0.1) is 5.92 Å². The largest absolute Gasteiger partial charge is 0.377 e. The third-order valence-electron chi connectivity index (χ3n) is 3.79. The molecule has 4 heteroatoms. The van der Waals surface area contributed by atoms with E-state index in [9.17, 15) is 0 Å². The summed E-state index contributed by atoms with van der Waals surface area (Å²) in [6, 6.07) is 4.20. The van der Waals surface area contributed by atoms with Gasteiger partial charge < -0.3 is 9.72 Å². The molecule has 2 unspecified atom stereocenters. The number of likely N-dealkylation sites (N-methyl/N-ethyl adjacent to an activating group) is 1. The fourth-order valence-electron chi connectivity index (χ4n) is 2.87. The van der Waals surface area contributed by atoms with Crippen LogP contribution in [0.25, 0.3) is 11.0 Å². The van der Waals surface area contributed by atoms with Crippen LogP contribution in [0.15, 0.2) is 24.5 Å². The molecule has 0 saturated carbocycles. The van der Waals surface area contributed by atoms with Crippen LogP contribution in [0.5, 0.6) is 0 Å². The minimum Gasteiger partial charge on any atom is -0.377 e. The molecule has 0 aromatic carbocycles. The molecule has 2 aromatic heterocycles. The number of ether oxygens (including phenoxy) is 1. The van der Waals surface area contributed by atoms with Crippen LogP contribution >= 0.6 is 0 Å². The van der Waals surface area contributed by atoms with Crippen LogP contribution in [0.3, 0.4) is 0 Å². The Balaban J connectivity index is 1.65. The molecule has 3 rings (SSSR count). The summed E-state index contributed by atoms with van der Waals surface area (Å²) in [6.07, 6.45) is 5.39. The maximum absolute atomic E-state index is 5.79. The standard InChI is InChI=1S/C15H21N3O/c1-11-7-13(19-10-11)9-18(2)8-12-3-5-16-15-14(12)4-6-17-15/h3-6,11,13H,7-10H2,1-2H3,(H,16,17). The number of aromatic nitrogens is 2. The summed E-state index contributed by atoms with van der Waals surface area (Å²) in [4.78, 5) is 9.82. The molecule has 2 atom stereocenters. The Hall–Kier alpha value is -1.39. The van der Waals surface area contributed by atoms with Crippen molar-refractivity contribution in [1.82, 2.24) is 14.9 Å². The lowest BCUT2D eigenvalue weighted by Crippen LogP contribution is -2.28. The van der Waals surface area contributed by atoms with Gasteiger partial charge in [0.05, 0.1) is 6.10 Å². The average Bonchev–Trinajstić information content (AvgIpc) is 2.98. The minimum atomic E-state index is 0.392. The highest BCUT2D eigenvalue weighted by Gasteiger charge is 2.23. The van der Waals surface area contributed by atoms with Crippen molar-refractivity contribution in [1.29, 1.82) is 0 Å². The van der Waals surface area contributed by atoms with Crippen molar-refractivity contribution in [2.75, 3.05) is 20.2 Å². The molecular weight excluding hydrogens is 238 g/mol. The molecule has 1 saturated heterocycles. The van der Waals surface area contributed by atoms with Crippen LogP contribution in [-0.4, -0.2) is 41.2 Å². The molecule has 1 aliphatic heterocycles. The smallest absolute Gasteiger partial charge is 0.137 e. The number of hydrogen-bond acceptors (Lipinski definition) is 3. The number of nitrogens with one attached hydrogen (secondary N) is 1. The van der Waals surface area contributed by atoms with E-state index in [0.717, 1.165) is 25.3 Å². The zero-order chi connectivity index (χ0) is 13.2. The van der Waals surface area contributed by atoms with Crippen LogP contribution in [0.2, 0.25) is 0 Å². The van der Waals surface area contributed by atoms with Crippen molar-refractivity contribution in [3.8, 4) is 0 Å². The van der Waals surface area contributed by atoms with E-state index in [1.807, 2.05) is 12.4 Å². The second kappa shape index (κ2) is 5.31. The average molecular weight is 259 g/mol. The van der Waals surface area contributed by atoms with Crippen molar-refractivity contribution in [2.24, 2.45) is 5.92 Å². The first-order valence-corrected chi connectivity index (χ1v) is 6.93. The van der Waals surface area contributed by atoms with Gasteiger partial charge in [0.25, 0.3) is 0 Å². The van der Waals surface area contributed by atoms with Gasteiger partial charge in [-0.15, -0.1) is 0 Å². The summed E-state index contributed by atoms with van der Waals surface area (Å²) in [5, 5.41) is 1.22. The molecule has 1 aliphatic rings. The summed E-state index contributed by atoms with van der Waals surface area (Å²) in [7, 11) is 2.16. The van der Waals surface area contributed by atoms with E-state index in [1.54, 1.807) is 0 Å². The fraction of sp³-hybridized carbons (Fsp3) is 0.533. The molecule has 3 heterocycles. The van der Waals surface area contributed by atoms with Gasteiger partial charge in [0.15, 0.2) is 0 Å². The normalized spacial score (nSPS) is 23.5. The molecule has 1 N–H and O–H groups in total. The van der Waals surface area contributed by atoms with Crippen molar-refractivity contribution in [2.45, 2.75) is 26.0 Å². The highest BCUT2D eigenvalue weighted by atomic mass is 16.5. The molecule has 102 valence electrons. The number of H-pyrrole nitrogens is 1. The monoisotopic (exact) mass is 259 g/mol. The molecule has 0 spiro atoms. The maximum Gasteiger partial charge on any atom is 0.137 e. The SMILES string of the molecule is CC1COC(CN(C)Cc2ccnc3[nH]ccc23)C1. The van der Waals surface area contributed by atoms with E-state index in [4.69, 9.17) is 4.74 Å². The van der Waals surface area contributed by atoms with Gasteiger partial charge >= 0.3 is 0 Å². The molecule has 2 aromatic rings. The van der Waals surface area contributed by atoms with Gasteiger partial charge in [0.2, 0.25) is 0 Å². The molecule has 4 nitrogen and oxygen atoms in total. The quantitative estimate of drug-likeness (QED) is 0.916. The summed E-state index contributed by atoms with van der Waals surface area (Å²) in [5.74, 6) is 0.704. The van der Waals surface area contributed by atoms with Gasteiger partial charge in [-0.1, -0.05) is 6.92 Å². The summed E-state index contributed by atoms with van der Waals surface area (Å²) in [6.45, 7) is 5.10. The lowest BCUT2D eigenvalue weighted by Gasteiger charge is -2.20. The Morgan fingerprint density at radius 2 is 2.37 bits per heavy atom. The predicted molar refractivity (Wildman–Crippen MR) is 75.9 cm³/mol. The lowest BCUT2D eigenvalue weighted by atomic mass is 10.1. The Labute approximate surface area is 113 Å². The molecule has 0 bridgehead atoms. The van der Waals surface area contributed by atoms with Gasteiger partial charge in [0, 0.05) is 37.5 Å². The molecular formula is C15H21N3O. The third-order valence-corrected chi connectivity index (χ3v) is 3.79. The molecule has 0 radical (unpaired) electrons. The number of hydrogen-bond donors (Lipinski definition) is 1. The van der Waals surface area contributed by atoms with Crippen molar-refractivity contribution in [3.63, 3.8) is 0 Å². The molecule has 19 heavy (non-hydrogen) atoms. The second-order valence-corrected chi connectivity index (χ2v) is 5.70. The van der Waals surface area contributed by atoms with E-state index in [1.165, 1.54) is 17.4 Å². The van der Waals surface area contributed by atoms with Crippen molar-refractivity contribution < 1.29 is 4.74 Å². The van der Waals surface area contributed by atoms with Gasteiger partial charge in [-0.2, -0.15) is 0 Å². The van der Waals surface area contributed by atoms with E-state index in [0.29, 0.717) is 12.0 Å². The van der Waals surface area contributed by atoms with Crippen molar-refractivity contribution in [3.05, 3.63) is 30.1 Å². The van der Waals surface area contributed by atoms with Crippen LogP contribution in [-0.2, 0) is 11.3 Å². The number of fused-ring (bicyclic) bond motifs is 1. The predicted octanol–water partition coefficient (Wildman–Crippen LogP) is 2.42. The second-order valence-electron chi connectivity index (χ2n) is 5.70. The van der Waals surface area contributed by atoms with Crippen LogP contribution < -0.4 is 0 Å². The number of pyridine rings is 1. The highest BCUT2D eigenvalue weighted by Crippen LogP contribution is 2.21. The first-order chi connectivity index (χ1) is 9.22. The summed E-state index contributed by atoms with van der Waals surface area (Å²) in [5.41, 5.74) is 2.29. The van der Waals surface area contributed by atoms with E-state index in [2.05, 4.69) is 41.0 Å². The number of aromatic amines is 1. The Kier molecular flexibility index (Phi) is 3.53. The molecule has 0 aliphatic carbocycles. The third kappa shape index (κ3) is 2.80. The topological polar surface area (TPSA) is 41.1 Å². The number of rotatable bonds is 4. The van der Waals surface area contributed by atoms with Gasteiger partial charge in [0.1, 0.15) is 5.65 Å². The van der Waals surface area contributed by atoms with Gasteiger partial charge in [-0.3, -0.25) is 4.90 Å².